The summed E-state index contributed by atoms with van der Waals surface area (Å²) in [6, 6.07) is 2.71. The van der Waals surface area contributed by atoms with Gasteiger partial charge >= 0.3 is 0 Å². The van der Waals surface area contributed by atoms with Crippen molar-refractivity contribution in [1.82, 2.24) is 0 Å². The minimum atomic E-state index is -1.26. The molecule has 1 rings (SSSR count). The molecule has 0 spiro atoms. The molecule has 1 aromatic rings. The number of anilines is 1. The van der Waals surface area contributed by atoms with Crippen LogP contribution in [0.2, 0.25) is 5.02 Å². The highest BCUT2D eigenvalue weighted by Gasteiger charge is 2.21. The summed E-state index contributed by atoms with van der Waals surface area (Å²) in [7, 11) is 0. The largest absolute Gasteiger partial charge is 0.505 e. The molecule has 0 saturated heterocycles. The number of phenolic OH excluding ortho intramolecular Hbond substituents is 1. The van der Waals surface area contributed by atoms with E-state index in [0.717, 1.165) is 0 Å². The van der Waals surface area contributed by atoms with Gasteiger partial charge in [-0.25, -0.2) is 0 Å². The third-order valence-electron chi connectivity index (χ3n) is 2.00. The van der Waals surface area contributed by atoms with E-state index >= 15 is 0 Å². The van der Waals surface area contributed by atoms with Gasteiger partial charge < -0.3 is 21.1 Å². The zero-order chi connectivity index (χ0) is 11.6. The molecule has 2 atom stereocenters. The predicted molar refractivity (Wildman–Crippen MR) is 62.3 cm³/mol. The Kier molecular flexibility index (Phi) is 4.10. The highest BCUT2D eigenvalue weighted by Crippen LogP contribution is 2.34. The Balaban J connectivity index is 3.13. The molecule has 0 amide bonds. The molecular weight excluding hydrogens is 238 g/mol. The van der Waals surface area contributed by atoms with Crippen LogP contribution in [-0.4, -0.2) is 27.2 Å². The van der Waals surface area contributed by atoms with Gasteiger partial charge in [0.05, 0.1) is 11.8 Å². The van der Waals surface area contributed by atoms with Gasteiger partial charge in [0.25, 0.3) is 0 Å². The van der Waals surface area contributed by atoms with Crippen molar-refractivity contribution in [2.75, 3.05) is 11.5 Å². The minimum Gasteiger partial charge on any atom is -0.505 e. The molecular formula is C9H12ClNO3S. The second kappa shape index (κ2) is 4.94. The van der Waals surface area contributed by atoms with Gasteiger partial charge in [0.15, 0.2) is 0 Å². The molecule has 0 heterocycles. The number of nitrogen functional groups attached to an aromatic ring is 1. The monoisotopic (exact) mass is 249 g/mol. The van der Waals surface area contributed by atoms with Gasteiger partial charge in [-0.15, -0.1) is 0 Å². The Morgan fingerprint density at radius 1 is 1.40 bits per heavy atom. The first-order valence-corrected chi connectivity index (χ1v) is 5.23. The summed E-state index contributed by atoms with van der Waals surface area (Å²) in [5.41, 5.74) is 5.61. The second-order valence-electron chi connectivity index (χ2n) is 3.13. The zero-order valence-electron chi connectivity index (χ0n) is 7.76. The number of aliphatic hydroxyl groups is 2. The molecule has 0 aliphatic heterocycles. The number of thiol groups is 1. The summed E-state index contributed by atoms with van der Waals surface area (Å²) in [5.74, 6) is -0.208. The maximum absolute atomic E-state index is 9.65. The average molecular weight is 250 g/mol. The molecule has 0 radical (unpaired) electrons. The number of nitrogens with two attached hydrogens (primary N) is 1. The highest BCUT2D eigenvalue weighted by atomic mass is 35.5. The molecule has 0 aliphatic carbocycles. The molecule has 1 aromatic carbocycles. The van der Waals surface area contributed by atoms with Crippen LogP contribution in [0.25, 0.3) is 0 Å². The molecule has 4 nitrogen and oxygen atoms in total. The van der Waals surface area contributed by atoms with Crippen molar-refractivity contribution in [3.63, 3.8) is 0 Å². The molecule has 84 valence electrons. The Morgan fingerprint density at radius 3 is 2.53 bits per heavy atom. The average Bonchev–Trinajstić information content (AvgIpc) is 2.21. The molecule has 5 N–H and O–H groups in total. The van der Waals surface area contributed by atoms with Gasteiger partial charge in [0.2, 0.25) is 0 Å². The Hall–Kier alpha value is -0.620. The topological polar surface area (TPSA) is 86.7 Å². The Bertz CT molecular complexity index is 361. The van der Waals surface area contributed by atoms with Crippen LogP contribution in [0.15, 0.2) is 12.1 Å². The first-order valence-electron chi connectivity index (χ1n) is 4.22. The van der Waals surface area contributed by atoms with Gasteiger partial charge in [0, 0.05) is 16.3 Å². The fourth-order valence-electron chi connectivity index (χ4n) is 1.17. The highest BCUT2D eigenvalue weighted by molar-refractivity contribution is 7.80. The normalized spacial score (nSPS) is 14.9. The van der Waals surface area contributed by atoms with E-state index in [1.165, 1.54) is 12.1 Å². The number of benzene rings is 1. The lowest BCUT2D eigenvalue weighted by Gasteiger charge is -2.18. The van der Waals surface area contributed by atoms with Gasteiger partial charge in [-0.2, -0.15) is 12.6 Å². The number of phenols is 1. The Labute approximate surface area is 97.7 Å². The predicted octanol–water partition coefficient (Wildman–Crippen LogP) is 0.952. The number of rotatable bonds is 3. The first-order chi connectivity index (χ1) is 6.97. The SMILES string of the molecule is Nc1cc(Cl)cc(C(O)C(O)CS)c1O. The van der Waals surface area contributed by atoms with Crippen LogP contribution >= 0.6 is 24.2 Å². The van der Waals surface area contributed by atoms with Crippen molar-refractivity contribution in [2.45, 2.75) is 12.2 Å². The molecule has 6 heteroatoms. The van der Waals surface area contributed by atoms with Crippen molar-refractivity contribution >= 4 is 29.9 Å². The molecule has 2 unspecified atom stereocenters. The summed E-state index contributed by atoms with van der Waals surface area (Å²) in [6.45, 7) is 0. The van der Waals surface area contributed by atoms with Crippen molar-refractivity contribution in [2.24, 2.45) is 0 Å². The zero-order valence-corrected chi connectivity index (χ0v) is 9.41. The summed E-state index contributed by atoms with van der Waals surface area (Å²) in [4.78, 5) is 0. The summed E-state index contributed by atoms with van der Waals surface area (Å²) < 4.78 is 0. The van der Waals surface area contributed by atoms with Crippen LogP contribution in [0.5, 0.6) is 5.75 Å². The lowest BCUT2D eigenvalue weighted by atomic mass is 10.0. The van der Waals surface area contributed by atoms with E-state index in [0.29, 0.717) is 0 Å². The van der Waals surface area contributed by atoms with Crippen LogP contribution in [0.1, 0.15) is 11.7 Å². The minimum absolute atomic E-state index is 0.0583. The lowest BCUT2D eigenvalue weighted by molar-refractivity contribution is 0.0323. The fourth-order valence-corrected chi connectivity index (χ4v) is 1.61. The summed E-state index contributed by atoms with van der Waals surface area (Å²) in [6.07, 6.45) is -2.35. The van der Waals surface area contributed by atoms with E-state index < -0.39 is 12.2 Å². The van der Waals surface area contributed by atoms with Gasteiger partial charge in [-0.05, 0) is 12.1 Å². The van der Waals surface area contributed by atoms with Crippen LogP contribution < -0.4 is 5.73 Å². The number of halogens is 1. The number of aliphatic hydroxyl groups excluding tert-OH is 2. The quantitative estimate of drug-likeness (QED) is 0.314. The summed E-state index contributed by atoms with van der Waals surface area (Å²) >= 11 is 9.55. The van der Waals surface area contributed by atoms with Crippen LogP contribution in [0, 0.1) is 0 Å². The lowest BCUT2D eigenvalue weighted by Crippen LogP contribution is -2.20. The second-order valence-corrected chi connectivity index (χ2v) is 3.93. The number of aromatic hydroxyl groups is 1. The molecule has 0 aromatic heterocycles. The maximum Gasteiger partial charge on any atom is 0.144 e. The van der Waals surface area contributed by atoms with Crippen molar-refractivity contribution < 1.29 is 15.3 Å². The number of hydrogen-bond donors (Lipinski definition) is 5. The van der Waals surface area contributed by atoms with Crippen molar-refractivity contribution in [3.05, 3.63) is 22.7 Å². The smallest absolute Gasteiger partial charge is 0.144 e. The third kappa shape index (κ3) is 2.69. The Morgan fingerprint density at radius 2 is 2.00 bits per heavy atom. The van der Waals surface area contributed by atoms with Gasteiger partial charge in [-0.1, -0.05) is 11.6 Å². The van der Waals surface area contributed by atoms with E-state index in [9.17, 15) is 15.3 Å². The van der Waals surface area contributed by atoms with Crippen LogP contribution in [-0.2, 0) is 0 Å². The standard InChI is InChI=1S/C9H12ClNO3S/c10-4-1-5(8(13)6(11)2-4)9(14)7(12)3-15/h1-2,7,9,12-15H,3,11H2. The summed E-state index contributed by atoms with van der Waals surface area (Å²) in [5, 5.41) is 28.9. The van der Waals surface area contributed by atoms with Crippen molar-refractivity contribution in [1.29, 1.82) is 0 Å². The third-order valence-corrected chi connectivity index (χ3v) is 2.60. The van der Waals surface area contributed by atoms with E-state index in [4.69, 9.17) is 17.3 Å². The number of hydrogen-bond acceptors (Lipinski definition) is 5. The molecule has 0 bridgehead atoms. The fraction of sp³-hybridized carbons (Fsp3) is 0.333. The van der Waals surface area contributed by atoms with Crippen LogP contribution in [0.3, 0.4) is 0 Å². The van der Waals surface area contributed by atoms with E-state index in [1.54, 1.807) is 0 Å². The molecule has 0 fully saturated rings. The first kappa shape index (κ1) is 12.4. The molecule has 0 aliphatic rings. The maximum atomic E-state index is 9.65. The van der Waals surface area contributed by atoms with E-state index in [-0.39, 0.29) is 27.8 Å². The van der Waals surface area contributed by atoms with Gasteiger partial charge in [-0.3, -0.25) is 0 Å². The van der Waals surface area contributed by atoms with Gasteiger partial charge in [0.1, 0.15) is 11.9 Å². The van der Waals surface area contributed by atoms with Crippen molar-refractivity contribution in [3.8, 4) is 5.75 Å². The van der Waals surface area contributed by atoms with E-state index in [2.05, 4.69) is 12.6 Å². The molecule has 0 saturated carbocycles. The van der Waals surface area contributed by atoms with Crippen LogP contribution in [0.4, 0.5) is 5.69 Å². The molecule has 15 heavy (non-hydrogen) atoms. The van der Waals surface area contributed by atoms with E-state index in [1.807, 2.05) is 0 Å².